The minimum Gasteiger partial charge on any atom is -0.478 e. The van der Waals surface area contributed by atoms with Gasteiger partial charge < -0.3 is 19.3 Å². The van der Waals surface area contributed by atoms with Gasteiger partial charge in [0.05, 0.1) is 17.4 Å². The van der Waals surface area contributed by atoms with Gasteiger partial charge in [-0.25, -0.2) is 4.79 Å². The Morgan fingerprint density at radius 2 is 1.77 bits per heavy atom. The second kappa shape index (κ2) is 6.74. The van der Waals surface area contributed by atoms with Gasteiger partial charge in [0.25, 0.3) is 5.91 Å². The molecule has 1 aromatic heterocycles. The van der Waals surface area contributed by atoms with E-state index in [0.717, 1.165) is 12.1 Å². The Balaban J connectivity index is 1.79. The first-order valence-electron chi connectivity index (χ1n) is 7.79. The third-order valence-electron chi connectivity index (χ3n) is 4.19. The summed E-state index contributed by atoms with van der Waals surface area (Å²) >= 11 is 0. The van der Waals surface area contributed by atoms with Gasteiger partial charge >= 0.3 is 12.1 Å². The average molecular weight is 368 g/mol. The zero-order valence-electron chi connectivity index (χ0n) is 13.5. The van der Waals surface area contributed by atoms with E-state index < -0.39 is 23.3 Å². The molecule has 0 aliphatic carbocycles. The monoisotopic (exact) mass is 368 g/mol. The lowest BCUT2D eigenvalue weighted by molar-refractivity contribution is -0.137. The van der Waals surface area contributed by atoms with Gasteiger partial charge in [-0.1, -0.05) is 0 Å². The Labute approximate surface area is 146 Å². The molecule has 0 bridgehead atoms. The summed E-state index contributed by atoms with van der Waals surface area (Å²) in [5.41, 5.74) is -1.51. The lowest BCUT2D eigenvalue weighted by Gasteiger charge is -2.36. The number of amides is 1. The fourth-order valence-electron chi connectivity index (χ4n) is 2.88. The molecule has 6 nitrogen and oxygen atoms in total. The Morgan fingerprint density at radius 3 is 2.31 bits per heavy atom. The summed E-state index contributed by atoms with van der Waals surface area (Å²) in [6, 6.07) is 6.06. The minimum absolute atomic E-state index is 0.0902. The van der Waals surface area contributed by atoms with Crippen molar-refractivity contribution in [3.05, 3.63) is 53.5 Å². The molecule has 0 atom stereocenters. The number of halogens is 3. The highest BCUT2D eigenvalue weighted by atomic mass is 19.4. The summed E-state index contributed by atoms with van der Waals surface area (Å²) in [6.07, 6.45) is -3.30. The molecule has 1 saturated heterocycles. The highest BCUT2D eigenvalue weighted by Crippen LogP contribution is 2.37. The fourth-order valence-corrected chi connectivity index (χ4v) is 2.88. The standard InChI is InChI=1S/C17H15F3N2O4/c18-17(19,20)12-10-11(16(24)25)3-4-13(12)21-5-7-22(8-6-21)15(23)14-2-1-9-26-14/h1-4,9-10H,5-8H2,(H,24,25). The van der Waals surface area contributed by atoms with Crippen LogP contribution in [0.5, 0.6) is 0 Å². The minimum atomic E-state index is -4.68. The molecule has 0 spiro atoms. The zero-order chi connectivity index (χ0) is 18.9. The molecule has 0 unspecified atom stereocenters. The average Bonchev–Trinajstić information content (AvgIpc) is 3.14. The molecule has 1 amide bonds. The van der Waals surface area contributed by atoms with E-state index >= 15 is 0 Å². The molecule has 26 heavy (non-hydrogen) atoms. The summed E-state index contributed by atoms with van der Waals surface area (Å²) in [6.45, 7) is 0.860. The molecule has 2 heterocycles. The van der Waals surface area contributed by atoms with Crippen LogP contribution >= 0.6 is 0 Å². The van der Waals surface area contributed by atoms with Crippen LogP contribution < -0.4 is 4.90 Å². The molecule has 1 aliphatic rings. The molecular formula is C17H15F3N2O4. The van der Waals surface area contributed by atoms with Crippen molar-refractivity contribution in [1.82, 2.24) is 4.90 Å². The van der Waals surface area contributed by atoms with E-state index in [4.69, 9.17) is 9.52 Å². The summed E-state index contributed by atoms with van der Waals surface area (Å²) in [7, 11) is 0. The summed E-state index contributed by atoms with van der Waals surface area (Å²) < 4.78 is 45.1. The number of hydrogen-bond acceptors (Lipinski definition) is 4. The van der Waals surface area contributed by atoms with Crippen molar-refractivity contribution in [2.24, 2.45) is 0 Å². The largest absolute Gasteiger partial charge is 0.478 e. The predicted octanol–water partition coefficient (Wildman–Crippen LogP) is 2.96. The normalized spacial score (nSPS) is 15.2. The number of carboxylic acid groups (broad SMARTS) is 1. The lowest BCUT2D eigenvalue weighted by Crippen LogP contribution is -2.49. The van der Waals surface area contributed by atoms with Crippen LogP contribution in [0.4, 0.5) is 18.9 Å². The molecule has 0 saturated carbocycles. The topological polar surface area (TPSA) is 74.0 Å². The van der Waals surface area contributed by atoms with Crippen molar-refractivity contribution in [3.63, 3.8) is 0 Å². The number of anilines is 1. The molecule has 2 aromatic rings. The number of aromatic carboxylic acids is 1. The van der Waals surface area contributed by atoms with Crippen LogP contribution in [0.1, 0.15) is 26.5 Å². The van der Waals surface area contributed by atoms with Crippen molar-refractivity contribution in [3.8, 4) is 0 Å². The van der Waals surface area contributed by atoms with Gasteiger partial charge in [0.15, 0.2) is 5.76 Å². The maximum Gasteiger partial charge on any atom is 0.418 e. The van der Waals surface area contributed by atoms with Crippen molar-refractivity contribution in [2.75, 3.05) is 31.1 Å². The number of nitrogens with zero attached hydrogens (tertiary/aromatic N) is 2. The van der Waals surface area contributed by atoms with Gasteiger partial charge in [-0.15, -0.1) is 0 Å². The van der Waals surface area contributed by atoms with Crippen molar-refractivity contribution >= 4 is 17.6 Å². The van der Waals surface area contributed by atoms with Crippen LogP contribution in [-0.2, 0) is 6.18 Å². The van der Waals surface area contributed by atoms with Crippen molar-refractivity contribution in [2.45, 2.75) is 6.18 Å². The van der Waals surface area contributed by atoms with Crippen molar-refractivity contribution in [1.29, 1.82) is 0 Å². The number of furan rings is 1. The Morgan fingerprint density at radius 1 is 1.08 bits per heavy atom. The molecule has 138 valence electrons. The zero-order valence-corrected chi connectivity index (χ0v) is 13.5. The van der Waals surface area contributed by atoms with E-state index in [0.29, 0.717) is 6.07 Å². The second-order valence-corrected chi connectivity index (χ2v) is 5.79. The Hall–Kier alpha value is -2.97. The van der Waals surface area contributed by atoms with E-state index in [-0.39, 0.29) is 43.5 Å². The third kappa shape index (κ3) is 3.51. The van der Waals surface area contributed by atoms with E-state index in [9.17, 15) is 22.8 Å². The number of alkyl halides is 3. The van der Waals surface area contributed by atoms with Crippen LogP contribution in [0.2, 0.25) is 0 Å². The highest BCUT2D eigenvalue weighted by molar-refractivity contribution is 5.91. The van der Waals surface area contributed by atoms with Crippen molar-refractivity contribution < 1.29 is 32.3 Å². The summed E-state index contributed by atoms with van der Waals surface area (Å²) in [4.78, 5) is 26.2. The van der Waals surface area contributed by atoms with Crippen LogP contribution in [0.3, 0.4) is 0 Å². The Bertz CT molecular complexity index is 810. The van der Waals surface area contributed by atoms with Gasteiger partial charge in [-0.05, 0) is 30.3 Å². The number of carboxylic acids is 1. The van der Waals surface area contributed by atoms with Gasteiger partial charge in [0, 0.05) is 31.9 Å². The van der Waals surface area contributed by atoms with Crippen LogP contribution in [0.15, 0.2) is 41.0 Å². The number of benzene rings is 1. The smallest absolute Gasteiger partial charge is 0.418 e. The summed E-state index contributed by atoms with van der Waals surface area (Å²) in [5.74, 6) is -1.55. The SMILES string of the molecule is O=C(O)c1ccc(N2CCN(C(=O)c3ccco3)CC2)c(C(F)(F)F)c1. The molecular weight excluding hydrogens is 353 g/mol. The molecule has 3 rings (SSSR count). The lowest BCUT2D eigenvalue weighted by atomic mass is 10.1. The van der Waals surface area contributed by atoms with E-state index in [1.165, 1.54) is 22.1 Å². The number of hydrogen-bond donors (Lipinski definition) is 1. The van der Waals surface area contributed by atoms with E-state index in [1.54, 1.807) is 6.07 Å². The van der Waals surface area contributed by atoms with Gasteiger partial charge in [-0.3, -0.25) is 4.79 Å². The van der Waals surface area contributed by atoms with Crippen LogP contribution in [0, 0.1) is 0 Å². The molecule has 9 heteroatoms. The number of carbonyl (C=O) groups excluding carboxylic acids is 1. The first-order valence-corrected chi connectivity index (χ1v) is 7.79. The van der Waals surface area contributed by atoms with E-state index in [2.05, 4.69) is 0 Å². The highest BCUT2D eigenvalue weighted by Gasteiger charge is 2.36. The summed E-state index contributed by atoms with van der Waals surface area (Å²) in [5, 5.41) is 8.93. The molecule has 1 N–H and O–H groups in total. The first-order chi connectivity index (χ1) is 12.3. The van der Waals surface area contributed by atoms with E-state index in [1.807, 2.05) is 0 Å². The van der Waals surface area contributed by atoms with Gasteiger partial charge in [0.1, 0.15) is 0 Å². The van der Waals surface area contributed by atoms with Gasteiger partial charge in [0.2, 0.25) is 0 Å². The Kier molecular flexibility index (Phi) is 4.62. The second-order valence-electron chi connectivity index (χ2n) is 5.79. The maximum absolute atomic E-state index is 13.3. The fraction of sp³-hybridized carbons (Fsp3) is 0.294. The molecule has 0 radical (unpaired) electrons. The quantitative estimate of drug-likeness (QED) is 0.902. The predicted molar refractivity (Wildman–Crippen MR) is 85.2 cm³/mol. The molecule has 1 fully saturated rings. The number of rotatable bonds is 3. The van der Waals surface area contributed by atoms with Crippen LogP contribution in [-0.4, -0.2) is 48.1 Å². The first kappa shape index (κ1) is 17.8. The molecule has 1 aliphatic heterocycles. The third-order valence-corrected chi connectivity index (χ3v) is 4.19. The van der Waals surface area contributed by atoms with Crippen LogP contribution in [0.25, 0.3) is 0 Å². The number of carbonyl (C=O) groups is 2. The van der Waals surface area contributed by atoms with Gasteiger partial charge in [-0.2, -0.15) is 13.2 Å². The molecule has 1 aromatic carbocycles. The number of piperazine rings is 1. The maximum atomic E-state index is 13.3.